The highest BCUT2D eigenvalue weighted by Crippen LogP contribution is 2.20. The summed E-state index contributed by atoms with van der Waals surface area (Å²) in [5, 5.41) is 6.46. The Morgan fingerprint density at radius 3 is 2.54 bits per heavy atom. The molecule has 0 aliphatic rings. The van der Waals surface area contributed by atoms with Crippen LogP contribution in [0.2, 0.25) is 0 Å². The van der Waals surface area contributed by atoms with Gasteiger partial charge < -0.3 is 15.4 Å². The molecule has 0 aliphatic carbocycles. The molecule has 3 N–H and O–H groups in total. The number of aliphatic imine (C=N–C) groups is 1. The molecule has 2 rings (SSSR count). The zero-order valence-electron chi connectivity index (χ0n) is 16.7. The number of hydrogen-bond acceptors (Lipinski definition) is 4. The van der Waals surface area contributed by atoms with E-state index < -0.39 is 10.0 Å². The van der Waals surface area contributed by atoms with E-state index in [0.29, 0.717) is 25.7 Å². The smallest absolute Gasteiger partial charge is 0.240 e. The Balaban J connectivity index is 2.00. The lowest BCUT2D eigenvalue weighted by Gasteiger charge is -2.15. The van der Waals surface area contributed by atoms with Crippen LogP contribution in [0.15, 0.2) is 52.4 Å². The van der Waals surface area contributed by atoms with Gasteiger partial charge in [-0.1, -0.05) is 24.3 Å². The Morgan fingerprint density at radius 1 is 1.11 bits per heavy atom. The third kappa shape index (κ3) is 5.97. The number of aryl methyl sites for hydroxylation is 1. The topological polar surface area (TPSA) is 91.8 Å². The summed E-state index contributed by atoms with van der Waals surface area (Å²) in [5.74, 6) is 1.47. The maximum absolute atomic E-state index is 11.9. The molecule has 28 heavy (non-hydrogen) atoms. The van der Waals surface area contributed by atoms with Gasteiger partial charge in [0.25, 0.3) is 0 Å². The van der Waals surface area contributed by atoms with Crippen molar-refractivity contribution in [2.45, 2.75) is 31.8 Å². The number of ether oxygens (including phenoxy) is 1. The highest BCUT2D eigenvalue weighted by Gasteiger charge is 2.11. The highest BCUT2D eigenvalue weighted by molar-refractivity contribution is 7.89. The van der Waals surface area contributed by atoms with Gasteiger partial charge in [0.2, 0.25) is 10.0 Å². The van der Waals surface area contributed by atoms with E-state index in [1.54, 1.807) is 25.2 Å². The van der Waals surface area contributed by atoms with Crippen LogP contribution in [0.3, 0.4) is 0 Å². The lowest BCUT2D eigenvalue weighted by molar-refractivity contribution is 0.336. The second-order valence-corrected chi connectivity index (χ2v) is 8.07. The number of sulfonamides is 1. The first-order valence-corrected chi connectivity index (χ1v) is 10.6. The Bertz CT molecular complexity index is 927. The van der Waals surface area contributed by atoms with Crippen molar-refractivity contribution >= 4 is 16.0 Å². The highest BCUT2D eigenvalue weighted by atomic mass is 32.2. The maximum Gasteiger partial charge on any atom is 0.240 e. The van der Waals surface area contributed by atoms with Crippen LogP contribution in [0.25, 0.3) is 0 Å². The first kappa shape index (κ1) is 21.7. The number of benzene rings is 2. The fraction of sp³-hybridized carbons (Fsp3) is 0.350. The van der Waals surface area contributed by atoms with Gasteiger partial charge in [-0.3, -0.25) is 4.99 Å². The Hall–Kier alpha value is -2.58. The summed E-state index contributed by atoms with van der Waals surface area (Å²) >= 11 is 0. The van der Waals surface area contributed by atoms with Crippen molar-refractivity contribution in [3.63, 3.8) is 0 Å². The van der Waals surface area contributed by atoms with Crippen LogP contribution in [-0.4, -0.2) is 35.1 Å². The third-order valence-electron chi connectivity index (χ3n) is 4.13. The predicted molar refractivity (Wildman–Crippen MR) is 112 cm³/mol. The standard InChI is InChI=1S/C20H28N4O3S/c1-5-27-19-11-15(2)9-10-17(19)14-24-20(21-3)23-13-16-7-6-8-18(12-16)28(25,26)22-4/h6-12,22H,5,13-14H2,1-4H3,(H2,21,23,24). The van der Waals surface area contributed by atoms with Crippen molar-refractivity contribution in [1.82, 2.24) is 15.4 Å². The van der Waals surface area contributed by atoms with Crippen LogP contribution in [0, 0.1) is 6.92 Å². The van der Waals surface area contributed by atoms with E-state index in [9.17, 15) is 8.42 Å². The molecule has 0 aliphatic heterocycles. The van der Waals surface area contributed by atoms with Gasteiger partial charge >= 0.3 is 0 Å². The molecular weight excluding hydrogens is 376 g/mol. The average Bonchev–Trinajstić information content (AvgIpc) is 2.70. The molecule has 0 amide bonds. The van der Waals surface area contributed by atoms with Crippen molar-refractivity contribution in [2.24, 2.45) is 4.99 Å². The van der Waals surface area contributed by atoms with E-state index in [1.807, 2.05) is 38.1 Å². The molecule has 7 nitrogen and oxygen atoms in total. The van der Waals surface area contributed by atoms with E-state index in [0.717, 1.165) is 22.4 Å². The molecule has 0 fully saturated rings. The molecule has 0 bridgehead atoms. The van der Waals surface area contributed by atoms with Gasteiger partial charge in [-0.2, -0.15) is 0 Å². The maximum atomic E-state index is 11.9. The quantitative estimate of drug-likeness (QED) is 0.463. The van der Waals surface area contributed by atoms with Crippen molar-refractivity contribution in [3.8, 4) is 5.75 Å². The zero-order chi connectivity index (χ0) is 20.6. The average molecular weight is 405 g/mol. The lowest BCUT2D eigenvalue weighted by Crippen LogP contribution is -2.36. The van der Waals surface area contributed by atoms with E-state index in [4.69, 9.17) is 4.74 Å². The minimum atomic E-state index is -3.46. The van der Waals surface area contributed by atoms with E-state index in [-0.39, 0.29) is 4.90 Å². The second-order valence-electron chi connectivity index (χ2n) is 6.18. The molecule has 152 valence electrons. The molecule has 2 aromatic rings. The Kier molecular flexibility index (Phi) is 7.83. The molecule has 0 radical (unpaired) electrons. The summed E-state index contributed by atoms with van der Waals surface area (Å²) < 4.78 is 31.9. The molecule has 0 aromatic heterocycles. The SMILES string of the molecule is CCOc1cc(C)ccc1CNC(=NC)NCc1cccc(S(=O)(=O)NC)c1. The molecule has 0 unspecified atom stereocenters. The van der Waals surface area contributed by atoms with Crippen molar-refractivity contribution in [1.29, 1.82) is 0 Å². The summed E-state index contributed by atoms with van der Waals surface area (Å²) in [6, 6.07) is 12.9. The number of nitrogens with one attached hydrogen (secondary N) is 3. The lowest BCUT2D eigenvalue weighted by atomic mass is 10.1. The third-order valence-corrected chi connectivity index (χ3v) is 5.54. The van der Waals surface area contributed by atoms with Crippen molar-refractivity contribution in [2.75, 3.05) is 20.7 Å². The van der Waals surface area contributed by atoms with Crippen LogP contribution in [-0.2, 0) is 23.1 Å². The normalized spacial score (nSPS) is 11.9. The fourth-order valence-electron chi connectivity index (χ4n) is 2.62. The number of guanidine groups is 1. The molecule has 0 saturated carbocycles. The number of hydrogen-bond donors (Lipinski definition) is 3. The van der Waals surface area contributed by atoms with Crippen LogP contribution in [0.1, 0.15) is 23.6 Å². The van der Waals surface area contributed by atoms with Crippen LogP contribution in [0.5, 0.6) is 5.75 Å². The van der Waals surface area contributed by atoms with Gasteiger partial charge in [0.1, 0.15) is 5.75 Å². The second kappa shape index (κ2) is 10.1. The van der Waals surface area contributed by atoms with Gasteiger partial charge in [0.15, 0.2) is 5.96 Å². The molecule has 0 atom stereocenters. The Morgan fingerprint density at radius 2 is 1.86 bits per heavy atom. The molecule has 8 heteroatoms. The van der Waals surface area contributed by atoms with E-state index in [1.165, 1.54) is 7.05 Å². The summed E-state index contributed by atoms with van der Waals surface area (Å²) in [6.45, 7) is 5.60. The largest absolute Gasteiger partial charge is 0.494 e. The first-order valence-electron chi connectivity index (χ1n) is 9.09. The van der Waals surface area contributed by atoms with E-state index >= 15 is 0 Å². The summed E-state index contributed by atoms with van der Waals surface area (Å²) in [6.07, 6.45) is 0. The first-order chi connectivity index (χ1) is 13.4. The zero-order valence-corrected chi connectivity index (χ0v) is 17.6. The molecule has 0 heterocycles. The van der Waals surface area contributed by atoms with Crippen molar-refractivity contribution < 1.29 is 13.2 Å². The molecular formula is C20H28N4O3S. The monoisotopic (exact) mass is 404 g/mol. The number of nitrogens with zero attached hydrogens (tertiary/aromatic N) is 1. The predicted octanol–water partition coefficient (Wildman–Crippen LogP) is 2.17. The van der Waals surface area contributed by atoms with Gasteiger partial charge in [-0.25, -0.2) is 13.1 Å². The molecule has 0 saturated heterocycles. The van der Waals surface area contributed by atoms with Gasteiger partial charge in [-0.15, -0.1) is 0 Å². The number of rotatable bonds is 8. The molecule has 0 spiro atoms. The van der Waals surface area contributed by atoms with Gasteiger partial charge in [0.05, 0.1) is 11.5 Å². The van der Waals surface area contributed by atoms with E-state index in [2.05, 4.69) is 20.3 Å². The van der Waals surface area contributed by atoms with Crippen LogP contribution in [0.4, 0.5) is 0 Å². The summed E-state index contributed by atoms with van der Waals surface area (Å²) in [4.78, 5) is 4.46. The van der Waals surface area contributed by atoms with Gasteiger partial charge in [-0.05, 0) is 50.2 Å². The minimum absolute atomic E-state index is 0.234. The summed E-state index contributed by atoms with van der Waals surface area (Å²) in [7, 11) is -0.376. The van der Waals surface area contributed by atoms with Crippen LogP contribution < -0.4 is 20.1 Å². The molecule has 2 aromatic carbocycles. The van der Waals surface area contributed by atoms with Gasteiger partial charge in [0, 0.05) is 25.7 Å². The van der Waals surface area contributed by atoms with Crippen LogP contribution >= 0.6 is 0 Å². The summed E-state index contributed by atoms with van der Waals surface area (Å²) in [5.41, 5.74) is 3.02. The Labute approximate surface area is 167 Å². The fourth-order valence-corrected chi connectivity index (χ4v) is 3.42. The van der Waals surface area contributed by atoms with Crippen molar-refractivity contribution in [3.05, 3.63) is 59.2 Å². The minimum Gasteiger partial charge on any atom is -0.494 e.